The largest absolute Gasteiger partial charge is 0.493 e. The van der Waals surface area contributed by atoms with Crippen LogP contribution in [0.25, 0.3) is 0 Å². The van der Waals surface area contributed by atoms with E-state index in [1.807, 2.05) is 31.2 Å². The van der Waals surface area contributed by atoms with E-state index < -0.39 is 0 Å². The highest BCUT2D eigenvalue weighted by Gasteiger charge is 2.20. The fourth-order valence-corrected chi connectivity index (χ4v) is 2.96. The van der Waals surface area contributed by atoms with Crippen LogP contribution in [0.3, 0.4) is 0 Å². The lowest BCUT2D eigenvalue weighted by Gasteiger charge is -2.15. The Hall–Kier alpha value is -3.60. The summed E-state index contributed by atoms with van der Waals surface area (Å²) in [4.78, 5) is 25.9. The molecule has 3 rings (SSSR count). The van der Waals surface area contributed by atoms with E-state index >= 15 is 0 Å². The van der Waals surface area contributed by atoms with Crippen LogP contribution in [-0.2, 0) is 0 Å². The van der Waals surface area contributed by atoms with Gasteiger partial charge in [0.15, 0.2) is 17.3 Å². The van der Waals surface area contributed by atoms with Crippen molar-refractivity contribution in [2.24, 2.45) is 0 Å². The van der Waals surface area contributed by atoms with Gasteiger partial charge in [-0.05, 0) is 31.2 Å². The third-order valence-electron chi connectivity index (χ3n) is 4.35. The van der Waals surface area contributed by atoms with E-state index in [2.05, 4.69) is 5.32 Å². The monoisotopic (exact) mass is 375 g/mol. The molecule has 1 amide bonds. The number of methoxy groups -OCH3 is 2. The molecule has 0 aliphatic carbocycles. The standard InChI is InChI=1S/C23H21NO4/c1-15-12-13-19(18(14-15)21(25)16-8-5-4-6-9-16)24-23(26)17-10-7-11-20(27-2)22(17)28-3/h4-14H,1-3H3,(H,24,26). The first-order chi connectivity index (χ1) is 13.5. The summed E-state index contributed by atoms with van der Waals surface area (Å²) in [6, 6.07) is 19.4. The summed E-state index contributed by atoms with van der Waals surface area (Å²) in [5.74, 6) is 0.254. The number of amides is 1. The Morgan fingerprint density at radius 1 is 0.821 bits per heavy atom. The Morgan fingerprint density at radius 2 is 1.57 bits per heavy atom. The van der Waals surface area contributed by atoms with E-state index in [-0.39, 0.29) is 11.7 Å². The molecule has 0 spiro atoms. The molecule has 0 saturated carbocycles. The summed E-state index contributed by atoms with van der Waals surface area (Å²) in [6.45, 7) is 1.90. The van der Waals surface area contributed by atoms with E-state index in [1.165, 1.54) is 14.2 Å². The maximum atomic E-state index is 13.0. The Kier molecular flexibility index (Phi) is 5.75. The van der Waals surface area contributed by atoms with Gasteiger partial charge in [-0.25, -0.2) is 0 Å². The Labute approximate surface area is 163 Å². The first kappa shape index (κ1) is 19.2. The van der Waals surface area contributed by atoms with Crippen molar-refractivity contribution in [1.29, 1.82) is 0 Å². The molecular weight excluding hydrogens is 354 g/mol. The number of anilines is 1. The van der Waals surface area contributed by atoms with Crippen LogP contribution < -0.4 is 14.8 Å². The molecule has 0 atom stereocenters. The molecule has 0 aromatic heterocycles. The number of ether oxygens (including phenoxy) is 2. The molecule has 3 aromatic rings. The highest BCUT2D eigenvalue weighted by Crippen LogP contribution is 2.31. The van der Waals surface area contributed by atoms with Crippen LogP contribution >= 0.6 is 0 Å². The van der Waals surface area contributed by atoms with Gasteiger partial charge in [-0.2, -0.15) is 0 Å². The van der Waals surface area contributed by atoms with Crippen LogP contribution in [-0.4, -0.2) is 25.9 Å². The molecule has 1 N–H and O–H groups in total. The molecule has 0 aliphatic heterocycles. The second-order valence-electron chi connectivity index (χ2n) is 6.24. The number of nitrogens with one attached hydrogen (secondary N) is 1. The second-order valence-corrected chi connectivity index (χ2v) is 6.24. The van der Waals surface area contributed by atoms with Gasteiger partial charge in [-0.1, -0.05) is 48.0 Å². The molecule has 0 heterocycles. The third kappa shape index (κ3) is 3.88. The highest BCUT2D eigenvalue weighted by molar-refractivity contribution is 6.15. The Bertz CT molecular complexity index is 1010. The fourth-order valence-electron chi connectivity index (χ4n) is 2.96. The minimum Gasteiger partial charge on any atom is -0.493 e. The van der Waals surface area contributed by atoms with Gasteiger partial charge in [-0.15, -0.1) is 0 Å². The molecular formula is C23H21NO4. The zero-order chi connectivity index (χ0) is 20.1. The normalized spacial score (nSPS) is 10.2. The molecule has 28 heavy (non-hydrogen) atoms. The van der Waals surface area contributed by atoms with Gasteiger partial charge in [0, 0.05) is 11.1 Å². The molecule has 0 aliphatic rings. The van der Waals surface area contributed by atoms with Gasteiger partial charge in [0.2, 0.25) is 0 Å². The van der Waals surface area contributed by atoms with Gasteiger partial charge in [-0.3, -0.25) is 9.59 Å². The van der Waals surface area contributed by atoms with Crippen molar-refractivity contribution in [1.82, 2.24) is 0 Å². The van der Waals surface area contributed by atoms with Crippen molar-refractivity contribution >= 4 is 17.4 Å². The number of aryl methyl sites for hydroxylation is 1. The van der Waals surface area contributed by atoms with Gasteiger partial charge < -0.3 is 14.8 Å². The number of ketones is 1. The van der Waals surface area contributed by atoms with E-state index in [1.54, 1.807) is 42.5 Å². The van der Waals surface area contributed by atoms with Crippen LogP contribution in [0, 0.1) is 6.92 Å². The van der Waals surface area contributed by atoms with E-state index in [0.29, 0.717) is 33.9 Å². The molecule has 5 nitrogen and oxygen atoms in total. The van der Waals surface area contributed by atoms with Gasteiger partial charge in [0.25, 0.3) is 5.91 Å². The third-order valence-corrected chi connectivity index (χ3v) is 4.35. The van der Waals surface area contributed by atoms with E-state index in [9.17, 15) is 9.59 Å². The molecule has 3 aromatic carbocycles. The molecule has 0 saturated heterocycles. The van der Waals surface area contributed by atoms with Crippen molar-refractivity contribution in [3.63, 3.8) is 0 Å². The summed E-state index contributed by atoms with van der Waals surface area (Å²) in [6.07, 6.45) is 0. The first-order valence-corrected chi connectivity index (χ1v) is 8.78. The number of rotatable bonds is 6. The number of hydrogen-bond donors (Lipinski definition) is 1. The number of carbonyl (C=O) groups excluding carboxylic acids is 2. The minimum atomic E-state index is -0.387. The quantitative estimate of drug-likeness (QED) is 0.645. The van der Waals surface area contributed by atoms with Crippen LogP contribution in [0.4, 0.5) is 5.69 Å². The van der Waals surface area contributed by atoms with Crippen molar-refractivity contribution in [3.05, 3.63) is 89.0 Å². The summed E-state index contributed by atoms with van der Waals surface area (Å²) >= 11 is 0. The van der Waals surface area contributed by atoms with E-state index in [4.69, 9.17) is 9.47 Å². The number of benzene rings is 3. The van der Waals surface area contributed by atoms with Gasteiger partial charge >= 0.3 is 0 Å². The lowest BCUT2D eigenvalue weighted by molar-refractivity contribution is 0.102. The SMILES string of the molecule is COc1cccc(C(=O)Nc2ccc(C)cc2C(=O)c2ccccc2)c1OC. The van der Waals surface area contributed by atoms with Crippen molar-refractivity contribution in [3.8, 4) is 11.5 Å². The Morgan fingerprint density at radius 3 is 2.25 bits per heavy atom. The van der Waals surface area contributed by atoms with Crippen molar-refractivity contribution < 1.29 is 19.1 Å². The van der Waals surface area contributed by atoms with Gasteiger partial charge in [0.05, 0.1) is 25.5 Å². The summed E-state index contributed by atoms with van der Waals surface area (Å²) in [5.41, 5.74) is 2.68. The molecule has 5 heteroatoms. The fraction of sp³-hybridized carbons (Fsp3) is 0.130. The zero-order valence-electron chi connectivity index (χ0n) is 16.0. The number of hydrogen-bond acceptors (Lipinski definition) is 4. The first-order valence-electron chi connectivity index (χ1n) is 8.78. The maximum Gasteiger partial charge on any atom is 0.259 e. The predicted molar refractivity (Wildman–Crippen MR) is 109 cm³/mol. The maximum absolute atomic E-state index is 13.0. The second kappa shape index (κ2) is 8.39. The van der Waals surface area contributed by atoms with Gasteiger partial charge in [0.1, 0.15) is 0 Å². The van der Waals surface area contributed by atoms with Crippen LogP contribution in [0.15, 0.2) is 66.7 Å². The van der Waals surface area contributed by atoms with Crippen LogP contribution in [0.5, 0.6) is 11.5 Å². The molecule has 0 radical (unpaired) electrons. The smallest absolute Gasteiger partial charge is 0.259 e. The van der Waals surface area contributed by atoms with Crippen molar-refractivity contribution in [2.45, 2.75) is 6.92 Å². The molecule has 142 valence electrons. The molecule has 0 unspecified atom stereocenters. The highest BCUT2D eigenvalue weighted by atomic mass is 16.5. The lowest BCUT2D eigenvalue weighted by atomic mass is 9.99. The number of para-hydroxylation sites is 1. The summed E-state index contributed by atoms with van der Waals surface area (Å²) < 4.78 is 10.6. The van der Waals surface area contributed by atoms with Crippen LogP contribution in [0.1, 0.15) is 31.8 Å². The minimum absolute atomic E-state index is 0.155. The number of carbonyl (C=O) groups is 2. The lowest BCUT2D eigenvalue weighted by Crippen LogP contribution is -2.16. The van der Waals surface area contributed by atoms with Crippen LogP contribution in [0.2, 0.25) is 0 Å². The average Bonchev–Trinajstić information content (AvgIpc) is 2.74. The summed E-state index contributed by atoms with van der Waals surface area (Å²) in [5, 5.41) is 2.84. The predicted octanol–water partition coefficient (Wildman–Crippen LogP) is 4.50. The average molecular weight is 375 g/mol. The molecule has 0 bridgehead atoms. The zero-order valence-corrected chi connectivity index (χ0v) is 16.0. The van der Waals surface area contributed by atoms with E-state index in [0.717, 1.165) is 5.56 Å². The van der Waals surface area contributed by atoms with Crippen molar-refractivity contribution in [2.75, 3.05) is 19.5 Å². The topological polar surface area (TPSA) is 64.6 Å². The Balaban J connectivity index is 1.98. The summed E-state index contributed by atoms with van der Waals surface area (Å²) in [7, 11) is 2.99. The molecule has 0 fully saturated rings.